The topological polar surface area (TPSA) is 103 Å². The van der Waals surface area contributed by atoms with Gasteiger partial charge in [0.2, 0.25) is 9.84 Å². The van der Waals surface area contributed by atoms with Gasteiger partial charge in [0, 0.05) is 11.8 Å². The highest BCUT2D eigenvalue weighted by atomic mass is 32.2. The van der Waals surface area contributed by atoms with Crippen molar-refractivity contribution in [1.82, 2.24) is 0 Å². The second-order valence-electron chi connectivity index (χ2n) is 3.80. The third-order valence-corrected chi connectivity index (χ3v) is 4.36. The largest absolute Gasteiger partial charge is 0.399 e. The number of hydrogen-bond donors (Lipinski definition) is 1. The number of sulfone groups is 1. The van der Waals surface area contributed by atoms with E-state index in [0.29, 0.717) is 5.69 Å². The standard InChI is InChI=1S/C12H10N2O4S/c13-9-5-7-10(8-6-9)19(17,18)12-4-2-1-3-11(12)14(15)16/h1-8H,13H2. The van der Waals surface area contributed by atoms with Crippen LogP contribution < -0.4 is 5.73 Å². The van der Waals surface area contributed by atoms with Crippen LogP contribution >= 0.6 is 0 Å². The third-order valence-electron chi connectivity index (χ3n) is 2.54. The van der Waals surface area contributed by atoms with Gasteiger partial charge in [-0.15, -0.1) is 0 Å². The summed E-state index contributed by atoms with van der Waals surface area (Å²) in [4.78, 5) is 9.80. The van der Waals surface area contributed by atoms with Crippen molar-refractivity contribution < 1.29 is 13.3 Å². The first kappa shape index (κ1) is 13.0. The normalized spacial score (nSPS) is 11.2. The number of rotatable bonds is 3. The smallest absolute Gasteiger partial charge is 0.288 e. The van der Waals surface area contributed by atoms with Crippen LogP contribution in [0.15, 0.2) is 58.3 Å². The molecule has 0 aliphatic carbocycles. The number of benzene rings is 2. The lowest BCUT2D eigenvalue weighted by Gasteiger charge is -2.05. The Bertz CT molecular complexity index is 724. The van der Waals surface area contributed by atoms with E-state index in [1.54, 1.807) is 0 Å². The molecule has 0 spiro atoms. The average molecular weight is 278 g/mol. The lowest BCUT2D eigenvalue weighted by atomic mass is 10.3. The maximum Gasteiger partial charge on any atom is 0.288 e. The lowest BCUT2D eigenvalue weighted by molar-refractivity contribution is -0.387. The Hall–Kier alpha value is -2.41. The Balaban J connectivity index is 2.63. The van der Waals surface area contributed by atoms with Gasteiger partial charge in [-0.2, -0.15) is 0 Å². The number of nitro benzene ring substituents is 1. The Labute approximate surface area is 109 Å². The quantitative estimate of drug-likeness (QED) is 0.525. The molecule has 0 amide bonds. The van der Waals surface area contributed by atoms with Crippen LogP contribution in [0.2, 0.25) is 0 Å². The predicted molar refractivity (Wildman–Crippen MR) is 69.4 cm³/mol. The van der Waals surface area contributed by atoms with Crippen molar-refractivity contribution in [2.24, 2.45) is 0 Å². The summed E-state index contributed by atoms with van der Waals surface area (Å²) in [6.07, 6.45) is 0. The number of nitrogens with zero attached hydrogens (tertiary/aromatic N) is 1. The summed E-state index contributed by atoms with van der Waals surface area (Å²) in [7, 11) is -3.93. The molecular weight excluding hydrogens is 268 g/mol. The van der Waals surface area contributed by atoms with E-state index >= 15 is 0 Å². The van der Waals surface area contributed by atoms with Crippen LogP contribution in [0.3, 0.4) is 0 Å². The lowest BCUT2D eigenvalue weighted by Crippen LogP contribution is -2.05. The SMILES string of the molecule is Nc1ccc(S(=O)(=O)c2ccccc2[N+](=O)[O-])cc1. The molecule has 0 radical (unpaired) electrons. The second-order valence-corrected chi connectivity index (χ2v) is 5.72. The van der Waals surface area contributed by atoms with Crippen molar-refractivity contribution >= 4 is 21.2 Å². The predicted octanol–water partition coefficient (Wildman–Crippen LogP) is 2.01. The van der Waals surface area contributed by atoms with Crippen LogP contribution in [0, 0.1) is 10.1 Å². The maximum atomic E-state index is 12.3. The van der Waals surface area contributed by atoms with Gasteiger partial charge in [0.25, 0.3) is 5.69 Å². The molecule has 0 heterocycles. The van der Waals surface area contributed by atoms with E-state index in [9.17, 15) is 18.5 Å². The van der Waals surface area contributed by atoms with Crippen LogP contribution in [0.5, 0.6) is 0 Å². The first-order valence-electron chi connectivity index (χ1n) is 5.27. The first-order chi connectivity index (χ1) is 8.93. The van der Waals surface area contributed by atoms with Gasteiger partial charge >= 0.3 is 0 Å². The summed E-state index contributed by atoms with van der Waals surface area (Å²) in [5, 5.41) is 10.9. The molecule has 6 nitrogen and oxygen atoms in total. The number of anilines is 1. The van der Waals surface area contributed by atoms with Crippen LogP contribution in [0.1, 0.15) is 0 Å². The number of hydrogen-bond acceptors (Lipinski definition) is 5. The van der Waals surface area contributed by atoms with Crippen molar-refractivity contribution in [3.05, 3.63) is 58.6 Å². The minimum atomic E-state index is -3.93. The van der Waals surface area contributed by atoms with E-state index in [-0.39, 0.29) is 9.79 Å². The second kappa shape index (κ2) is 4.69. The fourth-order valence-corrected chi connectivity index (χ4v) is 3.03. The van der Waals surface area contributed by atoms with Crippen molar-refractivity contribution in [3.63, 3.8) is 0 Å². The van der Waals surface area contributed by atoms with Gasteiger partial charge in [0.15, 0.2) is 0 Å². The maximum absolute atomic E-state index is 12.3. The molecular formula is C12H10N2O4S. The van der Waals surface area contributed by atoms with Gasteiger partial charge in [-0.1, -0.05) is 12.1 Å². The summed E-state index contributed by atoms with van der Waals surface area (Å²) in [6.45, 7) is 0. The number of nitrogens with two attached hydrogens (primary N) is 1. The molecule has 0 saturated carbocycles. The Morgan fingerprint density at radius 2 is 1.58 bits per heavy atom. The fourth-order valence-electron chi connectivity index (χ4n) is 1.61. The number of nitrogen functional groups attached to an aromatic ring is 1. The highest BCUT2D eigenvalue weighted by Gasteiger charge is 2.26. The Kier molecular flexibility index (Phi) is 3.22. The van der Waals surface area contributed by atoms with E-state index in [0.717, 1.165) is 6.07 Å². The number of nitro groups is 1. The molecule has 0 aliphatic rings. The van der Waals surface area contributed by atoms with E-state index < -0.39 is 20.4 Å². The molecule has 2 aromatic carbocycles. The van der Waals surface area contributed by atoms with Gasteiger partial charge in [-0.3, -0.25) is 10.1 Å². The minimum Gasteiger partial charge on any atom is -0.399 e. The van der Waals surface area contributed by atoms with Gasteiger partial charge in [0.1, 0.15) is 4.90 Å². The molecule has 0 saturated heterocycles. The van der Waals surface area contributed by atoms with Crippen LogP contribution in [-0.4, -0.2) is 13.3 Å². The third kappa shape index (κ3) is 2.41. The summed E-state index contributed by atoms with van der Waals surface area (Å²) < 4.78 is 24.7. The van der Waals surface area contributed by atoms with Crippen LogP contribution in [-0.2, 0) is 9.84 Å². The zero-order valence-electron chi connectivity index (χ0n) is 9.68. The highest BCUT2D eigenvalue weighted by Crippen LogP contribution is 2.29. The fraction of sp³-hybridized carbons (Fsp3) is 0. The van der Waals surface area contributed by atoms with Crippen LogP contribution in [0.4, 0.5) is 11.4 Å². The monoisotopic (exact) mass is 278 g/mol. The molecule has 0 aromatic heterocycles. The number of para-hydroxylation sites is 1. The van der Waals surface area contributed by atoms with E-state index in [2.05, 4.69) is 0 Å². The van der Waals surface area contributed by atoms with E-state index in [1.165, 1.54) is 42.5 Å². The molecule has 7 heteroatoms. The summed E-state index contributed by atoms with van der Waals surface area (Å²) in [5.74, 6) is 0. The molecule has 2 aromatic rings. The van der Waals surface area contributed by atoms with Gasteiger partial charge in [-0.05, 0) is 30.3 Å². The van der Waals surface area contributed by atoms with E-state index in [4.69, 9.17) is 5.73 Å². The Morgan fingerprint density at radius 3 is 2.16 bits per heavy atom. The molecule has 98 valence electrons. The zero-order chi connectivity index (χ0) is 14.0. The molecule has 0 fully saturated rings. The van der Waals surface area contributed by atoms with Crippen LogP contribution in [0.25, 0.3) is 0 Å². The molecule has 0 bridgehead atoms. The van der Waals surface area contributed by atoms with Gasteiger partial charge < -0.3 is 5.73 Å². The molecule has 19 heavy (non-hydrogen) atoms. The van der Waals surface area contributed by atoms with Crippen molar-refractivity contribution in [1.29, 1.82) is 0 Å². The van der Waals surface area contributed by atoms with Gasteiger partial charge in [-0.25, -0.2) is 8.42 Å². The molecule has 2 N–H and O–H groups in total. The zero-order valence-corrected chi connectivity index (χ0v) is 10.5. The Morgan fingerprint density at radius 1 is 1.00 bits per heavy atom. The summed E-state index contributed by atoms with van der Waals surface area (Å²) in [5.41, 5.74) is 5.46. The van der Waals surface area contributed by atoms with Gasteiger partial charge in [0.05, 0.1) is 9.82 Å². The van der Waals surface area contributed by atoms with Crippen molar-refractivity contribution in [2.45, 2.75) is 9.79 Å². The molecule has 0 atom stereocenters. The highest BCUT2D eigenvalue weighted by molar-refractivity contribution is 7.91. The van der Waals surface area contributed by atoms with Crippen molar-refractivity contribution in [3.8, 4) is 0 Å². The summed E-state index contributed by atoms with van der Waals surface area (Å²) >= 11 is 0. The van der Waals surface area contributed by atoms with E-state index in [1.807, 2.05) is 0 Å². The molecule has 0 aliphatic heterocycles. The molecule has 0 unspecified atom stereocenters. The summed E-state index contributed by atoms with van der Waals surface area (Å²) in [6, 6.07) is 10.7. The first-order valence-corrected chi connectivity index (χ1v) is 6.75. The molecule has 2 rings (SSSR count). The average Bonchev–Trinajstić information content (AvgIpc) is 2.39. The minimum absolute atomic E-state index is 0.0315. The van der Waals surface area contributed by atoms with Crippen molar-refractivity contribution in [2.75, 3.05) is 5.73 Å².